The van der Waals surface area contributed by atoms with Crippen LogP contribution in [0.5, 0.6) is 0 Å². The summed E-state index contributed by atoms with van der Waals surface area (Å²) in [5.41, 5.74) is 8.12. The van der Waals surface area contributed by atoms with Gasteiger partial charge in [-0.15, -0.1) is 0 Å². The summed E-state index contributed by atoms with van der Waals surface area (Å²) >= 11 is 0. The Morgan fingerprint density at radius 1 is 1.44 bits per heavy atom. The van der Waals surface area contributed by atoms with E-state index >= 15 is 0 Å². The highest BCUT2D eigenvalue weighted by molar-refractivity contribution is 5.60. The molecule has 0 fully saturated rings. The predicted molar refractivity (Wildman–Crippen MR) is 73.4 cm³/mol. The third kappa shape index (κ3) is 4.02. The molecule has 0 aliphatic carbocycles. The number of benzene rings is 1. The molecule has 0 atom stereocenters. The zero-order valence-corrected chi connectivity index (χ0v) is 11.3. The van der Waals surface area contributed by atoms with Crippen LogP contribution in [-0.4, -0.2) is 26.3 Å². The largest absolute Gasteiger partial charge is 0.377 e. The van der Waals surface area contributed by atoms with Gasteiger partial charge >= 0.3 is 0 Å². The van der Waals surface area contributed by atoms with Gasteiger partial charge in [-0.25, -0.2) is 0 Å². The van der Waals surface area contributed by atoms with Gasteiger partial charge in [0.25, 0.3) is 0 Å². The summed E-state index contributed by atoms with van der Waals surface area (Å²) in [5.74, 6) is 0. The summed E-state index contributed by atoms with van der Waals surface area (Å²) in [6, 6.07) is 7.95. The number of hydrogen-bond donors (Lipinski definition) is 1. The zero-order valence-electron chi connectivity index (χ0n) is 11.3. The summed E-state index contributed by atoms with van der Waals surface area (Å²) in [6.07, 6.45) is 0.230. The van der Waals surface area contributed by atoms with Crippen molar-refractivity contribution >= 4 is 5.69 Å². The molecular formula is C14H21N3O. The highest BCUT2D eigenvalue weighted by Gasteiger charge is 2.08. The Hall–Kier alpha value is -1.57. The first-order valence-corrected chi connectivity index (χ1v) is 6.14. The molecular weight excluding hydrogens is 226 g/mol. The van der Waals surface area contributed by atoms with Gasteiger partial charge in [0.05, 0.1) is 24.0 Å². The van der Waals surface area contributed by atoms with Crippen molar-refractivity contribution in [2.24, 2.45) is 5.73 Å². The highest BCUT2D eigenvalue weighted by atomic mass is 16.5. The molecule has 0 aromatic heterocycles. The summed E-state index contributed by atoms with van der Waals surface area (Å²) in [5, 5.41) is 9.15. The topological polar surface area (TPSA) is 62.3 Å². The van der Waals surface area contributed by atoms with Gasteiger partial charge in [0.15, 0.2) is 0 Å². The Kier molecular flexibility index (Phi) is 5.63. The van der Waals surface area contributed by atoms with Crippen LogP contribution in [0.25, 0.3) is 0 Å². The molecule has 1 aromatic rings. The summed E-state index contributed by atoms with van der Waals surface area (Å²) in [7, 11) is 1.96. The van der Waals surface area contributed by atoms with Crippen molar-refractivity contribution in [3.05, 3.63) is 29.3 Å². The summed E-state index contributed by atoms with van der Waals surface area (Å²) in [4.78, 5) is 2.03. The van der Waals surface area contributed by atoms with Crippen molar-refractivity contribution in [1.82, 2.24) is 0 Å². The van der Waals surface area contributed by atoms with Gasteiger partial charge in [-0.3, -0.25) is 0 Å². The van der Waals surface area contributed by atoms with Gasteiger partial charge in [-0.05, 0) is 31.5 Å². The van der Waals surface area contributed by atoms with E-state index in [0.29, 0.717) is 18.7 Å². The molecule has 2 N–H and O–H groups in total. The lowest BCUT2D eigenvalue weighted by atomic mass is 10.1. The highest BCUT2D eigenvalue weighted by Crippen LogP contribution is 2.20. The van der Waals surface area contributed by atoms with Crippen LogP contribution in [0.2, 0.25) is 0 Å². The SMILES string of the molecule is CC(C)OCCN(C)c1ccc(CN)cc1C#N. The quantitative estimate of drug-likeness (QED) is 0.833. The van der Waals surface area contributed by atoms with Crippen LogP contribution in [0.15, 0.2) is 18.2 Å². The second kappa shape index (κ2) is 7.00. The van der Waals surface area contributed by atoms with E-state index in [-0.39, 0.29) is 6.10 Å². The Morgan fingerprint density at radius 3 is 2.72 bits per heavy atom. The standard InChI is InChI=1S/C14H21N3O/c1-11(2)18-7-6-17(3)14-5-4-12(9-15)8-13(14)10-16/h4-5,8,11H,6-7,9,15H2,1-3H3. The maximum Gasteiger partial charge on any atom is 0.101 e. The normalized spacial score (nSPS) is 10.4. The first kappa shape index (κ1) is 14.5. The van der Waals surface area contributed by atoms with Crippen molar-refractivity contribution in [2.75, 3.05) is 25.1 Å². The number of anilines is 1. The molecule has 98 valence electrons. The van der Waals surface area contributed by atoms with Gasteiger partial charge in [0.2, 0.25) is 0 Å². The third-order valence-electron chi connectivity index (χ3n) is 2.71. The molecule has 0 amide bonds. The molecule has 0 unspecified atom stereocenters. The van der Waals surface area contributed by atoms with Gasteiger partial charge in [0, 0.05) is 20.1 Å². The van der Waals surface area contributed by atoms with Crippen LogP contribution >= 0.6 is 0 Å². The number of nitriles is 1. The lowest BCUT2D eigenvalue weighted by Crippen LogP contribution is -2.24. The van der Waals surface area contributed by atoms with Crippen LogP contribution in [0.3, 0.4) is 0 Å². The minimum atomic E-state index is 0.230. The first-order valence-electron chi connectivity index (χ1n) is 6.14. The molecule has 0 saturated heterocycles. The fourth-order valence-corrected chi connectivity index (χ4v) is 1.68. The Balaban J connectivity index is 2.73. The minimum Gasteiger partial charge on any atom is -0.377 e. The number of nitrogens with zero attached hydrogens (tertiary/aromatic N) is 2. The van der Waals surface area contributed by atoms with Crippen LogP contribution in [-0.2, 0) is 11.3 Å². The van der Waals surface area contributed by atoms with E-state index in [0.717, 1.165) is 17.8 Å². The molecule has 4 nitrogen and oxygen atoms in total. The number of rotatable bonds is 6. The second-order valence-corrected chi connectivity index (χ2v) is 4.51. The molecule has 0 spiro atoms. The van der Waals surface area contributed by atoms with Crippen LogP contribution < -0.4 is 10.6 Å². The van der Waals surface area contributed by atoms with Gasteiger partial charge in [-0.2, -0.15) is 5.26 Å². The van der Waals surface area contributed by atoms with E-state index < -0.39 is 0 Å². The lowest BCUT2D eigenvalue weighted by molar-refractivity contribution is 0.0846. The Labute approximate surface area is 109 Å². The average molecular weight is 247 g/mol. The fourth-order valence-electron chi connectivity index (χ4n) is 1.68. The Bertz CT molecular complexity index is 424. The lowest BCUT2D eigenvalue weighted by Gasteiger charge is -2.21. The van der Waals surface area contributed by atoms with Gasteiger partial charge in [-0.1, -0.05) is 6.07 Å². The molecule has 0 heterocycles. The molecule has 1 rings (SSSR count). The molecule has 0 saturated carbocycles. The molecule has 1 aromatic carbocycles. The van der Waals surface area contributed by atoms with Crippen molar-refractivity contribution in [3.63, 3.8) is 0 Å². The van der Waals surface area contributed by atoms with E-state index in [2.05, 4.69) is 6.07 Å². The predicted octanol–water partition coefficient (Wildman–Crippen LogP) is 1.88. The number of nitrogens with two attached hydrogens (primary N) is 1. The smallest absolute Gasteiger partial charge is 0.101 e. The van der Waals surface area contributed by atoms with Crippen LogP contribution in [0, 0.1) is 11.3 Å². The maximum absolute atomic E-state index is 9.15. The zero-order chi connectivity index (χ0) is 13.5. The Morgan fingerprint density at radius 2 is 2.17 bits per heavy atom. The van der Waals surface area contributed by atoms with E-state index in [1.165, 1.54) is 0 Å². The molecule has 4 heteroatoms. The van der Waals surface area contributed by atoms with Gasteiger partial charge in [0.1, 0.15) is 6.07 Å². The fraction of sp³-hybridized carbons (Fsp3) is 0.500. The van der Waals surface area contributed by atoms with E-state index in [9.17, 15) is 0 Å². The number of likely N-dealkylation sites (N-methyl/N-ethyl adjacent to an activating group) is 1. The average Bonchev–Trinajstić information content (AvgIpc) is 2.37. The van der Waals surface area contributed by atoms with E-state index in [4.69, 9.17) is 15.7 Å². The third-order valence-corrected chi connectivity index (χ3v) is 2.71. The molecule has 18 heavy (non-hydrogen) atoms. The minimum absolute atomic E-state index is 0.230. The molecule has 0 aliphatic heterocycles. The van der Waals surface area contributed by atoms with E-state index in [1.807, 2.05) is 44.0 Å². The molecule has 0 radical (unpaired) electrons. The van der Waals surface area contributed by atoms with Crippen molar-refractivity contribution in [2.45, 2.75) is 26.5 Å². The summed E-state index contributed by atoms with van der Waals surface area (Å²) in [6.45, 7) is 5.88. The van der Waals surface area contributed by atoms with Crippen molar-refractivity contribution in [1.29, 1.82) is 5.26 Å². The van der Waals surface area contributed by atoms with Crippen molar-refractivity contribution < 1.29 is 4.74 Å². The summed E-state index contributed by atoms with van der Waals surface area (Å²) < 4.78 is 5.51. The molecule has 0 bridgehead atoms. The van der Waals surface area contributed by atoms with Crippen LogP contribution in [0.1, 0.15) is 25.0 Å². The molecule has 0 aliphatic rings. The van der Waals surface area contributed by atoms with E-state index in [1.54, 1.807) is 0 Å². The second-order valence-electron chi connectivity index (χ2n) is 4.51. The van der Waals surface area contributed by atoms with Crippen LogP contribution in [0.4, 0.5) is 5.69 Å². The number of ether oxygens (including phenoxy) is 1. The van der Waals surface area contributed by atoms with Gasteiger partial charge < -0.3 is 15.4 Å². The monoisotopic (exact) mass is 247 g/mol. The first-order chi connectivity index (χ1) is 8.58. The van der Waals surface area contributed by atoms with Crippen molar-refractivity contribution in [3.8, 4) is 6.07 Å². The number of hydrogen-bond acceptors (Lipinski definition) is 4. The maximum atomic E-state index is 9.15.